The van der Waals surface area contributed by atoms with E-state index in [1.54, 1.807) is 6.33 Å². The molecule has 0 amide bonds. The third kappa shape index (κ3) is 2.34. The summed E-state index contributed by atoms with van der Waals surface area (Å²) in [6.45, 7) is 3.03. The minimum absolute atomic E-state index is 0.937. The number of aromatic nitrogens is 2. The summed E-state index contributed by atoms with van der Waals surface area (Å²) in [4.78, 5) is 10.9. The maximum absolute atomic E-state index is 4.36. The Hall–Kier alpha value is -1.74. The number of nitrogens with zero attached hydrogens (tertiary/aromatic N) is 3. The topological polar surface area (TPSA) is 29.0 Å². The molecule has 0 fully saturated rings. The maximum atomic E-state index is 4.36. The fourth-order valence-electron chi connectivity index (χ4n) is 2.28. The summed E-state index contributed by atoms with van der Waals surface area (Å²) < 4.78 is 0. The summed E-state index contributed by atoms with van der Waals surface area (Å²) in [6, 6.07) is 10.6. The van der Waals surface area contributed by atoms with E-state index in [1.165, 1.54) is 16.8 Å². The van der Waals surface area contributed by atoms with Crippen molar-refractivity contribution in [3.63, 3.8) is 0 Å². The fourth-order valence-corrected chi connectivity index (χ4v) is 2.28. The summed E-state index contributed by atoms with van der Waals surface area (Å²) in [5, 5.41) is 0. The van der Waals surface area contributed by atoms with Gasteiger partial charge in [-0.05, 0) is 17.5 Å². The van der Waals surface area contributed by atoms with Gasteiger partial charge in [0.25, 0.3) is 0 Å². The molecule has 0 saturated carbocycles. The first kappa shape index (κ1) is 10.4. The van der Waals surface area contributed by atoms with Crippen LogP contribution in [0.3, 0.4) is 0 Å². The van der Waals surface area contributed by atoms with Crippen LogP contribution in [0, 0.1) is 0 Å². The lowest BCUT2D eigenvalue weighted by Crippen LogP contribution is -2.30. The normalized spacial score (nSPS) is 15.5. The van der Waals surface area contributed by atoms with Gasteiger partial charge in [-0.3, -0.25) is 4.90 Å². The Labute approximate surface area is 101 Å². The predicted molar refractivity (Wildman–Crippen MR) is 66.3 cm³/mol. The quantitative estimate of drug-likeness (QED) is 0.783. The van der Waals surface area contributed by atoms with E-state index in [0.29, 0.717) is 0 Å². The molecule has 86 valence electrons. The highest BCUT2D eigenvalue weighted by atomic mass is 15.1. The van der Waals surface area contributed by atoms with Gasteiger partial charge in [-0.25, -0.2) is 9.97 Å². The third-order valence-corrected chi connectivity index (χ3v) is 3.20. The SMILES string of the molecule is c1ccc(CN2CCc3cncnc3C2)cc1. The lowest BCUT2D eigenvalue weighted by molar-refractivity contribution is 0.241. The fraction of sp³-hybridized carbons (Fsp3) is 0.286. The van der Waals surface area contributed by atoms with Crippen LogP contribution in [0.5, 0.6) is 0 Å². The number of hydrogen-bond donors (Lipinski definition) is 0. The second kappa shape index (κ2) is 4.63. The van der Waals surface area contributed by atoms with E-state index in [2.05, 4.69) is 45.2 Å². The zero-order chi connectivity index (χ0) is 11.5. The first-order valence-electron chi connectivity index (χ1n) is 5.96. The van der Waals surface area contributed by atoms with Crippen LogP contribution in [-0.2, 0) is 19.5 Å². The molecule has 3 heteroatoms. The Balaban J connectivity index is 1.72. The molecule has 0 radical (unpaired) electrons. The molecule has 1 aliphatic rings. The highest BCUT2D eigenvalue weighted by molar-refractivity contribution is 5.20. The molecule has 0 atom stereocenters. The van der Waals surface area contributed by atoms with Gasteiger partial charge in [0.15, 0.2) is 0 Å². The summed E-state index contributed by atoms with van der Waals surface area (Å²) >= 11 is 0. The molecule has 2 aromatic rings. The van der Waals surface area contributed by atoms with Gasteiger partial charge in [0.2, 0.25) is 0 Å². The van der Waals surface area contributed by atoms with E-state index in [9.17, 15) is 0 Å². The van der Waals surface area contributed by atoms with E-state index in [4.69, 9.17) is 0 Å². The maximum Gasteiger partial charge on any atom is 0.115 e. The van der Waals surface area contributed by atoms with Crippen LogP contribution in [0.2, 0.25) is 0 Å². The molecule has 1 aromatic heterocycles. The Morgan fingerprint density at radius 2 is 2.06 bits per heavy atom. The van der Waals surface area contributed by atoms with Crippen molar-refractivity contribution in [2.75, 3.05) is 6.54 Å². The van der Waals surface area contributed by atoms with Gasteiger partial charge in [-0.15, -0.1) is 0 Å². The van der Waals surface area contributed by atoms with E-state index in [1.807, 2.05) is 6.20 Å². The summed E-state index contributed by atoms with van der Waals surface area (Å²) in [7, 11) is 0. The van der Waals surface area contributed by atoms with Crippen molar-refractivity contribution in [3.05, 3.63) is 59.7 Å². The third-order valence-electron chi connectivity index (χ3n) is 3.20. The van der Waals surface area contributed by atoms with Crippen LogP contribution < -0.4 is 0 Å². The Morgan fingerprint density at radius 1 is 1.18 bits per heavy atom. The van der Waals surface area contributed by atoms with Gasteiger partial charge in [-0.2, -0.15) is 0 Å². The van der Waals surface area contributed by atoms with Crippen LogP contribution in [0.15, 0.2) is 42.9 Å². The molecule has 17 heavy (non-hydrogen) atoms. The Morgan fingerprint density at radius 3 is 2.94 bits per heavy atom. The minimum atomic E-state index is 0.937. The smallest absolute Gasteiger partial charge is 0.115 e. The number of fused-ring (bicyclic) bond motifs is 1. The molecule has 3 rings (SSSR count). The van der Waals surface area contributed by atoms with E-state index >= 15 is 0 Å². The van der Waals surface area contributed by atoms with Gasteiger partial charge in [-0.1, -0.05) is 30.3 Å². The van der Waals surface area contributed by atoms with Crippen molar-refractivity contribution in [2.24, 2.45) is 0 Å². The van der Waals surface area contributed by atoms with Crippen molar-refractivity contribution in [2.45, 2.75) is 19.5 Å². The molecule has 1 aromatic carbocycles. The van der Waals surface area contributed by atoms with Gasteiger partial charge in [0.05, 0.1) is 5.69 Å². The van der Waals surface area contributed by atoms with E-state index in [-0.39, 0.29) is 0 Å². The van der Waals surface area contributed by atoms with Crippen LogP contribution >= 0.6 is 0 Å². The molecule has 0 saturated heterocycles. The van der Waals surface area contributed by atoms with Crippen molar-refractivity contribution >= 4 is 0 Å². The summed E-state index contributed by atoms with van der Waals surface area (Å²) in [5.41, 5.74) is 3.85. The van der Waals surface area contributed by atoms with Crippen molar-refractivity contribution in [1.82, 2.24) is 14.9 Å². The number of hydrogen-bond acceptors (Lipinski definition) is 3. The van der Waals surface area contributed by atoms with Gasteiger partial charge in [0.1, 0.15) is 6.33 Å². The second-order valence-electron chi connectivity index (χ2n) is 4.44. The lowest BCUT2D eigenvalue weighted by atomic mass is 10.1. The Kier molecular flexibility index (Phi) is 2.84. The lowest BCUT2D eigenvalue weighted by Gasteiger charge is -2.27. The molecular formula is C14H15N3. The summed E-state index contributed by atoms with van der Waals surface area (Å²) in [6.07, 6.45) is 4.65. The molecule has 2 heterocycles. The van der Waals surface area contributed by atoms with Crippen LogP contribution in [-0.4, -0.2) is 21.4 Å². The zero-order valence-electron chi connectivity index (χ0n) is 9.71. The van der Waals surface area contributed by atoms with Crippen molar-refractivity contribution in [1.29, 1.82) is 0 Å². The second-order valence-corrected chi connectivity index (χ2v) is 4.44. The number of rotatable bonds is 2. The largest absolute Gasteiger partial charge is 0.293 e. The highest BCUT2D eigenvalue weighted by Crippen LogP contribution is 2.17. The molecule has 0 aliphatic carbocycles. The highest BCUT2D eigenvalue weighted by Gasteiger charge is 2.16. The van der Waals surface area contributed by atoms with Gasteiger partial charge < -0.3 is 0 Å². The van der Waals surface area contributed by atoms with Crippen LogP contribution in [0.4, 0.5) is 0 Å². The monoisotopic (exact) mass is 225 g/mol. The van der Waals surface area contributed by atoms with E-state index in [0.717, 1.165) is 26.1 Å². The molecule has 0 bridgehead atoms. The zero-order valence-corrected chi connectivity index (χ0v) is 9.71. The first-order valence-corrected chi connectivity index (χ1v) is 5.96. The standard InChI is InChI=1S/C14H15N3/c1-2-4-12(5-3-1)9-17-7-6-13-8-15-11-16-14(13)10-17/h1-5,8,11H,6-7,9-10H2. The van der Waals surface area contributed by atoms with Gasteiger partial charge in [0, 0.05) is 25.8 Å². The first-order chi connectivity index (χ1) is 8.42. The summed E-state index contributed by atoms with van der Waals surface area (Å²) in [5.74, 6) is 0. The predicted octanol–water partition coefficient (Wildman–Crippen LogP) is 2.03. The molecule has 0 N–H and O–H groups in total. The van der Waals surface area contributed by atoms with Gasteiger partial charge >= 0.3 is 0 Å². The average Bonchev–Trinajstić information content (AvgIpc) is 2.40. The molecule has 0 unspecified atom stereocenters. The Bertz CT molecular complexity index is 496. The molecule has 1 aliphatic heterocycles. The minimum Gasteiger partial charge on any atom is -0.293 e. The van der Waals surface area contributed by atoms with Crippen molar-refractivity contribution in [3.8, 4) is 0 Å². The number of benzene rings is 1. The van der Waals surface area contributed by atoms with Crippen LogP contribution in [0.1, 0.15) is 16.8 Å². The van der Waals surface area contributed by atoms with E-state index < -0.39 is 0 Å². The molecular weight excluding hydrogens is 210 g/mol. The molecule has 0 spiro atoms. The molecule has 3 nitrogen and oxygen atoms in total. The van der Waals surface area contributed by atoms with Crippen LogP contribution in [0.25, 0.3) is 0 Å². The average molecular weight is 225 g/mol. The van der Waals surface area contributed by atoms with Crippen molar-refractivity contribution < 1.29 is 0 Å².